The molecule has 0 fully saturated rings. The molecule has 0 aromatic heterocycles. The number of amides is 1. The first kappa shape index (κ1) is 13.9. The number of nitrogens with one attached hydrogen (secondary N) is 2. The summed E-state index contributed by atoms with van der Waals surface area (Å²) in [5.74, 6) is -0.172. The summed E-state index contributed by atoms with van der Waals surface area (Å²) in [5.41, 5.74) is 1.97. The van der Waals surface area contributed by atoms with E-state index in [0.29, 0.717) is 16.3 Å². The monoisotopic (exact) mass is 285 g/mol. The average molecular weight is 286 g/mol. The van der Waals surface area contributed by atoms with E-state index < -0.39 is 0 Å². The van der Waals surface area contributed by atoms with Gasteiger partial charge < -0.3 is 10.6 Å². The molecule has 0 saturated carbocycles. The number of anilines is 2. The van der Waals surface area contributed by atoms with E-state index in [1.165, 1.54) is 0 Å². The standard InChI is InChI=1S/C15H12ClN3O/c16-12-4-6-13(7-5-12)19-15(20)10-18-14-3-1-2-11(8-14)9-17/h1-8,18H,10H2,(H,19,20). The Hall–Kier alpha value is -2.51. The second kappa shape index (κ2) is 6.60. The number of carbonyl (C=O) groups excluding carboxylic acids is 1. The Morgan fingerprint density at radius 3 is 2.60 bits per heavy atom. The Bertz CT molecular complexity index is 647. The van der Waals surface area contributed by atoms with Crippen molar-refractivity contribution >= 4 is 28.9 Å². The van der Waals surface area contributed by atoms with Crippen LogP contribution in [0.4, 0.5) is 11.4 Å². The van der Waals surface area contributed by atoms with E-state index in [4.69, 9.17) is 16.9 Å². The van der Waals surface area contributed by atoms with E-state index in [0.717, 1.165) is 5.69 Å². The second-order valence-electron chi connectivity index (χ2n) is 4.10. The lowest BCUT2D eigenvalue weighted by atomic mass is 10.2. The summed E-state index contributed by atoms with van der Waals surface area (Å²) in [6.07, 6.45) is 0. The molecule has 1 amide bonds. The summed E-state index contributed by atoms with van der Waals surface area (Å²) in [7, 11) is 0. The second-order valence-corrected chi connectivity index (χ2v) is 4.54. The number of nitrogens with zero attached hydrogens (tertiary/aromatic N) is 1. The molecule has 0 saturated heterocycles. The summed E-state index contributed by atoms with van der Waals surface area (Å²) < 4.78 is 0. The van der Waals surface area contributed by atoms with Gasteiger partial charge in [-0.2, -0.15) is 5.26 Å². The smallest absolute Gasteiger partial charge is 0.243 e. The normalized spacial score (nSPS) is 9.60. The lowest BCUT2D eigenvalue weighted by Crippen LogP contribution is -2.21. The van der Waals surface area contributed by atoms with Crippen LogP contribution in [0, 0.1) is 11.3 Å². The molecule has 4 nitrogen and oxygen atoms in total. The molecule has 2 N–H and O–H groups in total. The van der Waals surface area contributed by atoms with Gasteiger partial charge in [-0.25, -0.2) is 0 Å². The molecule has 2 aromatic rings. The fraction of sp³-hybridized carbons (Fsp3) is 0.0667. The van der Waals surface area contributed by atoms with Crippen LogP contribution in [0.3, 0.4) is 0 Å². The Morgan fingerprint density at radius 2 is 1.90 bits per heavy atom. The van der Waals surface area contributed by atoms with Crippen LogP contribution in [0.5, 0.6) is 0 Å². The molecule has 0 bridgehead atoms. The molecule has 2 rings (SSSR count). The van der Waals surface area contributed by atoms with Crippen molar-refractivity contribution in [3.8, 4) is 6.07 Å². The maximum absolute atomic E-state index is 11.8. The third-order valence-electron chi connectivity index (χ3n) is 2.57. The van der Waals surface area contributed by atoms with Crippen LogP contribution in [-0.2, 0) is 4.79 Å². The van der Waals surface area contributed by atoms with Crippen molar-refractivity contribution in [2.75, 3.05) is 17.2 Å². The van der Waals surface area contributed by atoms with E-state index in [1.54, 1.807) is 48.5 Å². The van der Waals surface area contributed by atoms with Gasteiger partial charge in [0.2, 0.25) is 5.91 Å². The van der Waals surface area contributed by atoms with Crippen LogP contribution in [-0.4, -0.2) is 12.5 Å². The predicted molar refractivity (Wildman–Crippen MR) is 79.7 cm³/mol. The summed E-state index contributed by atoms with van der Waals surface area (Å²) >= 11 is 5.77. The molecule has 0 atom stereocenters. The summed E-state index contributed by atoms with van der Waals surface area (Å²) in [6, 6.07) is 15.9. The number of rotatable bonds is 4. The van der Waals surface area contributed by atoms with Gasteiger partial charge in [-0.1, -0.05) is 17.7 Å². The van der Waals surface area contributed by atoms with E-state index >= 15 is 0 Å². The number of hydrogen-bond donors (Lipinski definition) is 2. The van der Waals surface area contributed by atoms with Crippen molar-refractivity contribution in [2.24, 2.45) is 0 Å². The molecular weight excluding hydrogens is 274 g/mol. The van der Waals surface area contributed by atoms with Crippen molar-refractivity contribution in [3.63, 3.8) is 0 Å². The minimum atomic E-state index is -0.172. The van der Waals surface area contributed by atoms with Gasteiger partial charge in [0.25, 0.3) is 0 Å². The molecule has 0 aliphatic heterocycles. The maximum atomic E-state index is 11.8. The molecule has 100 valence electrons. The zero-order valence-corrected chi connectivity index (χ0v) is 11.3. The SMILES string of the molecule is N#Cc1cccc(NCC(=O)Nc2ccc(Cl)cc2)c1. The van der Waals surface area contributed by atoms with Crippen molar-refractivity contribution in [1.82, 2.24) is 0 Å². The highest BCUT2D eigenvalue weighted by Crippen LogP contribution is 2.13. The van der Waals surface area contributed by atoms with Gasteiger partial charge >= 0.3 is 0 Å². The Labute approximate surface area is 122 Å². The highest BCUT2D eigenvalue weighted by molar-refractivity contribution is 6.30. The highest BCUT2D eigenvalue weighted by atomic mass is 35.5. The van der Waals surface area contributed by atoms with Crippen molar-refractivity contribution in [3.05, 3.63) is 59.1 Å². The molecule has 0 unspecified atom stereocenters. The van der Waals surface area contributed by atoms with Crippen molar-refractivity contribution in [1.29, 1.82) is 5.26 Å². The van der Waals surface area contributed by atoms with Crippen molar-refractivity contribution in [2.45, 2.75) is 0 Å². The Morgan fingerprint density at radius 1 is 1.15 bits per heavy atom. The third-order valence-corrected chi connectivity index (χ3v) is 2.82. The molecule has 0 aliphatic carbocycles. The van der Waals surface area contributed by atoms with Crippen molar-refractivity contribution < 1.29 is 4.79 Å². The van der Waals surface area contributed by atoms with Crippen LogP contribution in [0.15, 0.2) is 48.5 Å². The maximum Gasteiger partial charge on any atom is 0.243 e. The zero-order chi connectivity index (χ0) is 14.4. The lowest BCUT2D eigenvalue weighted by molar-refractivity contribution is -0.114. The Kier molecular flexibility index (Phi) is 4.59. The fourth-order valence-corrected chi connectivity index (χ4v) is 1.75. The first-order valence-electron chi connectivity index (χ1n) is 5.97. The van der Waals surface area contributed by atoms with Gasteiger partial charge in [0.15, 0.2) is 0 Å². The molecule has 0 spiro atoms. The van der Waals surface area contributed by atoms with Gasteiger partial charge in [-0.3, -0.25) is 4.79 Å². The number of carbonyl (C=O) groups is 1. The van der Waals surface area contributed by atoms with Gasteiger partial charge in [0.05, 0.1) is 18.2 Å². The lowest BCUT2D eigenvalue weighted by Gasteiger charge is -2.08. The summed E-state index contributed by atoms with van der Waals surface area (Å²) in [6.45, 7) is 0.123. The minimum Gasteiger partial charge on any atom is -0.376 e. The van der Waals surface area contributed by atoms with Crippen LogP contribution < -0.4 is 10.6 Å². The van der Waals surface area contributed by atoms with E-state index in [9.17, 15) is 4.79 Å². The van der Waals surface area contributed by atoms with Gasteiger partial charge in [-0.15, -0.1) is 0 Å². The molecule has 5 heteroatoms. The molecule has 0 radical (unpaired) electrons. The minimum absolute atomic E-state index is 0.123. The number of halogens is 1. The number of benzene rings is 2. The Balaban J connectivity index is 1.89. The van der Waals surface area contributed by atoms with E-state index in [1.807, 2.05) is 6.07 Å². The van der Waals surface area contributed by atoms with Gasteiger partial charge in [0, 0.05) is 16.4 Å². The van der Waals surface area contributed by atoms with Crippen LogP contribution in [0.2, 0.25) is 5.02 Å². The summed E-state index contributed by atoms with van der Waals surface area (Å²) in [5, 5.41) is 15.1. The number of hydrogen-bond acceptors (Lipinski definition) is 3. The van der Waals surface area contributed by atoms with Crippen LogP contribution >= 0.6 is 11.6 Å². The largest absolute Gasteiger partial charge is 0.376 e. The number of nitriles is 1. The predicted octanol–water partition coefficient (Wildman–Crippen LogP) is 3.26. The first-order chi connectivity index (χ1) is 9.67. The molecular formula is C15H12ClN3O. The van der Waals surface area contributed by atoms with Gasteiger partial charge in [0.1, 0.15) is 0 Å². The van der Waals surface area contributed by atoms with Crippen LogP contribution in [0.1, 0.15) is 5.56 Å². The molecule has 0 heterocycles. The zero-order valence-electron chi connectivity index (χ0n) is 10.6. The molecule has 20 heavy (non-hydrogen) atoms. The first-order valence-corrected chi connectivity index (χ1v) is 6.34. The van der Waals surface area contributed by atoms with E-state index in [2.05, 4.69) is 10.6 Å². The average Bonchev–Trinajstić information content (AvgIpc) is 2.48. The topological polar surface area (TPSA) is 64.9 Å². The third kappa shape index (κ3) is 4.01. The molecule has 0 aliphatic rings. The molecule has 2 aromatic carbocycles. The van der Waals surface area contributed by atoms with E-state index in [-0.39, 0.29) is 12.5 Å². The van der Waals surface area contributed by atoms with Gasteiger partial charge in [-0.05, 0) is 42.5 Å². The van der Waals surface area contributed by atoms with Crippen LogP contribution in [0.25, 0.3) is 0 Å². The quantitative estimate of drug-likeness (QED) is 0.906. The highest BCUT2D eigenvalue weighted by Gasteiger charge is 2.02. The fourth-order valence-electron chi connectivity index (χ4n) is 1.62. The summed E-state index contributed by atoms with van der Waals surface area (Å²) in [4.78, 5) is 11.8.